The second-order valence-corrected chi connectivity index (χ2v) is 6.45. The van der Waals surface area contributed by atoms with Crippen molar-refractivity contribution in [3.8, 4) is 5.75 Å². The molecule has 0 amide bonds. The molecular weight excluding hydrogens is 328 g/mol. The van der Waals surface area contributed by atoms with E-state index in [4.69, 9.17) is 9.47 Å². The van der Waals surface area contributed by atoms with Gasteiger partial charge in [0.15, 0.2) is 6.23 Å². The Morgan fingerprint density at radius 1 is 1.19 bits per heavy atom. The summed E-state index contributed by atoms with van der Waals surface area (Å²) in [6.07, 6.45) is 1.74. The SMILES string of the molecule is COc1cccc(N2CCO[C@H]2c2cn(Cc3cccc(C)c3)nn2)c1. The third-order valence-electron chi connectivity index (χ3n) is 4.51. The van der Waals surface area contributed by atoms with Crippen molar-refractivity contribution in [1.82, 2.24) is 15.0 Å². The molecule has 0 spiro atoms. The number of rotatable bonds is 5. The lowest BCUT2D eigenvalue weighted by molar-refractivity contribution is 0.110. The number of hydrogen-bond acceptors (Lipinski definition) is 5. The number of methoxy groups -OCH3 is 1. The lowest BCUT2D eigenvalue weighted by atomic mass is 10.1. The maximum Gasteiger partial charge on any atom is 0.177 e. The summed E-state index contributed by atoms with van der Waals surface area (Å²) in [5.41, 5.74) is 4.32. The summed E-state index contributed by atoms with van der Waals surface area (Å²) < 4.78 is 13.1. The zero-order valence-electron chi connectivity index (χ0n) is 15.0. The van der Waals surface area contributed by atoms with Gasteiger partial charge in [-0.05, 0) is 24.6 Å². The Morgan fingerprint density at radius 3 is 2.92 bits per heavy atom. The van der Waals surface area contributed by atoms with Crippen LogP contribution in [0.4, 0.5) is 5.69 Å². The average molecular weight is 350 g/mol. The van der Waals surface area contributed by atoms with E-state index in [-0.39, 0.29) is 6.23 Å². The first kappa shape index (κ1) is 16.6. The van der Waals surface area contributed by atoms with Gasteiger partial charge in [-0.3, -0.25) is 0 Å². The van der Waals surface area contributed by atoms with Crippen molar-refractivity contribution in [3.05, 3.63) is 71.5 Å². The molecule has 6 heteroatoms. The minimum absolute atomic E-state index is 0.228. The van der Waals surface area contributed by atoms with Crippen molar-refractivity contribution in [2.75, 3.05) is 25.2 Å². The van der Waals surface area contributed by atoms with Gasteiger partial charge >= 0.3 is 0 Å². The summed E-state index contributed by atoms with van der Waals surface area (Å²) in [7, 11) is 1.67. The van der Waals surface area contributed by atoms with Gasteiger partial charge in [-0.25, -0.2) is 4.68 Å². The van der Waals surface area contributed by atoms with E-state index in [0.717, 1.165) is 23.7 Å². The van der Waals surface area contributed by atoms with Crippen LogP contribution in [0.25, 0.3) is 0 Å². The van der Waals surface area contributed by atoms with Crippen LogP contribution in [0.15, 0.2) is 54.7 Å². The highest BCUT2D eigenvalue weighted by Gasteiger charge is 2.29. The molecule has 1 saturated heterocycles. The molecule has 4 rings (SSSR count). The second kappa shape index (κ2) is 7.17. The molecule has 2 heterocycles. The van der Waals surface area contributed by atoms with Crippen molar-refractivity contribution in [2.45, 2.75) is 19.7 Å². The summed E-state index contributed by atoms with van der Waals surface area (Å²) in [5, 5.41) is 8.63. The van der Waals surface area contributed by atoms with Crippen LogP contribution in [0, 0.1) is 6.92 Å². The van der Waals surface area contributed by atoms with E-state index in [2.05, 4.69) is 52.5 Å². The van der Waals surface area contributed by atoms with E-state index in [1.165, 1.54) is 11.1 Å². The summed E-state index contributed by atoms with van der Waals surface area (Å²) in [5.74, 6) is 0.830. The number of aryl methyl sites for hydroxylation is 1. The zero-order chi connectivity index (χ0) is 17.9. The van der Waals surface area contributed by atoms with Crippen LogP contribution in [0.3, 0.4) is 0 Å². The normalized spacial score (nSPS) is 16.8. The van der Waals surface area contributed by atoms with Gasteiger partial charge in [-0.2, -0.15) is 0 Å². The molecule has 1 aromatic heterocycles. The number of benzene rings is 2. The van der Waals surface area contributed by atoms with Gasteiger partial charge in [-0.1, -0.05) is 41.1 Å². The fraction of sp³-hybridized carbons (Fsp3) is 0.300. The highest BCUT2D eigenvalue weighted by molar-refractivity contribution is 5.52. The minimum Gasteiger partial charge on any atom is -0.497 e. The molecule has 1 aliphatic heterocycles. The Kier molecular flexibility index (Phi) is 4.58. The summed E-state index contributed by atoms with van der Waals surface area (Å²) in [6.45, 7) is 4.25. The standard InChI is InChI=1S/C20H22N4O2/c1-15-5-3-6-16(11-15)13-23-14-19(21-22-23)20-24(9-10-26-20)17-7-4-8-18(12-17)25-2/h3-8,11-12,14,20H,9-10,13H2,1-2H3/t20-/m0/s1. The van der Waals surface area contributed by atoms with Gasteiger partial charge in [0.05, 0.1) is 26.5 Å². The minimum atomic E-state index is -0.228. The first-order chi connectivity index (χ1) is 12.7. The van der Waals surface area contributed by atoms with Gasteiger partial charge in [0.25, 0.3) is 0 Å². The molecule has 134 valence electrons. The Morgan fingerprint density at radius 2 is 2.08 bits per heavy atom. The Hall–Kier alpha value is -2.86. The first-order valence-corrected chi connectivity index (χ1v) is 8.71. The second-order valence-electron chi connectivity index (χ2n) is 6.45. The molecule has 1 atom stereocenters. The van der Waals surface area contributed by atoms with Crippen molar-refractivity contribution in [3.63, 3.8) is 0 Å². The molecule has 3 aromatic rings. The van der Waals surface area contributed by atoms with Crippen molar-refractivity contribution in [2.24, 2.45) is 0 Å². The molecule has 0 bridgehead atoms. The third-order valence-corrected chi connectivity index (χ3v) is 4.51. The number of nitrogens with zero attached hydrogens (tertiary/aromatic N) is 4. The molecule has 0 N–H and O–H groups in total. The van der Waals surface area contributed by atoms with Crippen LogP contribution >= 0.6 is 0 Å². The highest BCUT2D eigenvalue weighted by Crippen LogP contribution is 2.32. The summed E-state index contributed by atoms with van der Waals surface area (Å²) in [6, 6.07) is 16.4. The van der Waals surface area contributed by atoms with E-state index in [1.807, 2.05) is 29.1 Å². The van der Waals surface area contributed by atoms with Crippen molar-refractivity contribution < 1.29 is 9.47 Å². The number of ether oxygens (including phenoxy) is 2. The lowest BCUT2D eigenvalue weighted by Gasteiger charge is -2.23. The molecule has 1 fully saturated rings. The molecular formula is C20H22N4O2. The maximum atomic E-state index is 5.93. The fourth-order valence-corrected chi connectivity index (χ4v) is 3.27. The number of hydrogen-bond donors (Lipinski definition) is 0. The molecule has 0 radical (unpaired) electrons. The van der Waals surface area contributed by atoms with E-state index < -0.39 is 0 Å². The first-order valence-electron chi connectivity index (χ1n) is 8.71. The molecule has 0 saturated carbocycles. The highest BCUT2D eigenvalue weighted by atomic mass is 16.5. The van der Waals surface area contributed by atoms with Gasteiger partial charge in [0, 0.05) is 18.3 Å². The van der Waals surface area contributed by atoms with Crippen molar-refractivity contribution in [1.29, 1.82) is 0 Å². The summed E-state index contributed by atoms with van der Waals surface area (Å²) in [4.78, 5) is 2.18. The van der Waals surface area contributed by atoms with Crippen LogP contribution in [0.2, 0.25) is 0 Å². The molecule has 2 aromatic carbocycles. The number of anilines is 1. The predicted molar refractivity (Wildman–Crippen MR) is 99.3 cm³/mol. The van der Waals surface area contributed by atoms with Crippen LogP contribution in [-0.4, -0.2) is 35.3 Å². The van der Waals surface area contributed by atoms with Gasteiger partial charge in [-0.15, -0.1) is 5.10 Å². The van der Waals surface area contributed by atoms with E-state index in [1.54, 1.807) is 7.11 Å². The van der Waals surface area contributed by atoms with E-state index in [0.29, 0.717) is 13.2 Å². The van der Waals surface area contributed by atoms with Crippen LogP contribution in [0.5, 0.6) is 5.75 Å². The molecule has 6 nitrogen and oxygen atoms in total. The van der Waals surface area contributed by atoms with E-state index in [9.17, 15) is 0 Å². The van der Waals surface area contributed by atoms with Gasteiger partial charge in [0.2, 0.25) is 0 Å². The largest absolute Gasteiger partial charge is 0.497 e. The van der Waals surface area contributed by atoms with Crippen LogP contribution in [-0.2, 0) is 11.3 Å². The Bertz CT molecular complexity index is 893. The van der Waals surface area contributed by atoms with E-state index >= 15 is 0 Å². The predicted octanol–water partition coefficient (Wildman–Crippen LogP) is 3.18. The third kappa shape index (κ3) is 3.41. The zero-order valence-corrected chi connectivity index (χ0v) is 15.0. The summed E-state index contributed by atoms with van der Waals surface area (Å²) >= 11 is 0. The van der Waals surface area contributed by atoms with Crippen LogP contribution in [0.1, 0.15) is 23.0 Å². The van der Waals surface area contributed by atoms with Crippen LogP contribution < -0.4 is 9.64 Å². The maximum absolute atomic E-state index is 5.93. The monoisotopic (exact) mass is 350 g/mol. The topological polar surface area (TPSA) is 52.4 Å². The van der Waals surface area contributed by atoms with Gasteiger partial charge in [0.1, 0.15) is 11.4 Å². The van der Waals surface area contributed by atoms with Crippen molar-refractivity contribution >= 4 is 5.69 Å². The lowest BCUT2D eigenvalue weighted by Crippen LogP contribution is -2.23. The smallest absolute Gasteiger partial charge is 0.177 e. The Balaban J connectivity index is 1.54. The quantitative estimate of drug-likeness (QED) is 0.707. The average Bonchev–Trinajstić information content (AvgIpc) is 3.31. The van der Waals surface area contributed by atoms with Gasteiger partial charge < -0.3 is 14.4 Å². The fourth-order valence-electron chi connectivity index (χ4n) is 3.27. The molecule has 0 unspecified atom stereocenters. The molecule has 26 heavy (non-hydrogen) atoms. The Labute approximate surface area is 153 Å². The molecule has 1 aliphatic rings. The number of aromatic nitrogens is 3. The molecule has 0 aliphatic carbocycles.